The Morgan fingerprint density at radius 1 is 1.43 bits per heavy atom. The quantitative estimate of drug-likeness (QED) is 0.471. The number of ether oxygens (including phenoxy) is 1. The van der Waals surface area contributed by atoms with Gasteiger partial charge in [-0.15, -0.1) is 6.42 Å². The van der Waals surface area contributed by atoms with Gasteiger partial charge in [-0.2, -0.15) is 0 Å². The summed E-state index contributed by atoms with van der Waals surface area (Å²) < 4.78 is 5.45. The number of rotatable bonds is 4. The highest BCUT2D eigenvalue weighted by atomic mass is 16.6. The minimum Gasteiger partial charge on any atom is -0.444 e. The van der Waals surface area contributed by atoms with E-state index in [9.17, 15) is 4.79 Å². The summed E-state index contributed by atoms with van der Waals surface area (Å²) in [5.41, 5.74) is -0.459. The van der Waals surface area contributed by atoms with E-state index in [4.69, 9.17) is 11.2 Å². The predicted molar refractivity (Wildman–Crippen MR) is 93.3 cm³/mol. The maximum absolute atomic E-state index is 12.2. The van der Waals surface area contributed by atoms with E-state index in [1.54, 1.807) is 4.90 Å². The van der Waals surface area contributed by atoms with Crippen molar-refractivity contribution in [2.45, 2.75) is 46.1 Å². The van der Waals surface area contributed by atoms with Crippen LogP contribution < -0.4 is 10.6 Å². The van der Waals surface area contributed by atoms with E-state index in [1.807, 2.05) is 27.7 Å². The number of nitrogens with one attached hydrogen (secondary N) is 2. The molecule has 1 heterocycles. The molecule has 0 radical (unpaired) electrons. The highest BCUT2D eigenvalue weighted by molar-refractivity contribution is 5.80. The fourth-order valence-electron chi connectivity index (χ4n) is 2.40. The monoisotopic (exact) mass is 322 g/mol. The first kappa shape index (κ1) is 19.1. The van der Waals surface area contributed by atoms with E-state index in [0.717, 1.165) is 31.9 Å². The molecule has 1 atom stereocenters. The molecular weight excluding hydrogens is 292 g/mol. The number of carbonyl (C=O) groups is 1. The third-order valence-electron chi connectivity index (χ3n) is 3.38. The van der Waals surface area contributed by atoms with Crippen molar-refractivity contribution < 1.29 is 9.53 Å². The van der Waals surface area contributed by atoms with Gasteiger partial charge < -0.3 is 20.3 Å². The van der Waals surface area contributed by atoms with E-state index < -0.39 is 5.60 Å². The topological polar surface area (TPSA) is 66.0 Å². The molecule has 1 amide bonds. The lowest BCUT2D eigenvalue weighted by atomic mass is 9.98. The molecular formula is C17H30N4O2. The molecule has 0 aromatic rings. The molecule has 2 N–H and O–H groups in total. The minimum absolute atomic E-state index is 0.233. The van der Waals surface area contributed by atoms with Gasteiger partial charge in [0, 0.05) is 26.2 Å². The lowest BCUT2D eigenvalue weighted by Gasteiger charge is -2.33. The van der Waals surface area contributed by atoms with Gasteiger partial charge in [0.1, 0.15) is 5.60 Å². The Morgan fingerprint density at radius 3 is 2.78 bits per heavy atom. The van der Waals surface area contributed by atoms with Crippen LogP contribution in [0.3, 0.4) is 0 Å². The summed E-state index contributed by atoms with van der Waals surface area (Å²) in [7, 11) is 0. The smallest absolute Gasteiger partial charge is 0.410 e. The van der Waals surface area contributed by atoms with Crippen LogP contribution in [0.25, 0.3) is 0 Å². The summed E-state index contributed by atoms with van der Waals surface area (Å²) in [6, 6.07) is 0. The Balaban J connectivity index is 2.54. The molecule has 1 fully saturated rings. The van der Waals surface area contributed by atoms with E-state index in [0.29, 0.717) is 25.6 Å². The lowest BCUT2D eigenvalue weighted by molar-refractivity contribution is 0.0170. The number of amides is 1. The normalized spacial score (nSPS) is 19.0. The van der Waals surface area contributed by atoms with Crippen molar-refractivity contribution in [2.24, 2.45) is 10.9 Å². The third-order valence-corrected chi connectivity index (χ3v) is 3.38. The second-order valence-corrected chi connectivity index (χ2v) is 6.71. The van der Waals surface area contributed by atoms with Gasteiger partial charge >= 0.3 is 6.09 Å². The Labute approximate surface area is 140 Å². The lowest BCUT2D eigenvalue weighted by Crippen LogP contribution is -2.44. The average Bonchev–Trinajstić information content (AvgIpc) is 2.48. The van der Waals surface area contributed by atoms with E-state index in [1.165, 1.54) is 0 Å². The second kappa shape index (κ2) is 9.29. The van der Waals surface area contributed by atoms with Crippen LogP contribution >= 0.6 is 0 Å². The standard InChI is InChI=1S/C17H30N4O2/c1-6-10-19-15(18-7-2)20-12-14-9-8-11-21(13-14)16(22)23-17(3,4)5/h1,14H,7-13H2,2-5H3,(H2,18,19,20). The molecule has 0 bridgehead atoms. The van der Waals surface area contributed by atoms with Gasteiger partial charge in [-0.1, -0.05) is 5.92 Å². The van der Waals surface area contributed by atoms with Gasteiger partial charge in [0.25, 0.3) is 0 Å². The summed E-state index contributed by atoms with van der Waals surface area (Å²) in [6.45, 7) is 11.0. The molecule has 6 nitrogen and oxygen atoms in total. The summed E-state index contributed by atoms with van der Waals surface area (Å²) in [5.74, 6) is 3.60. The fraction of sp³-hybridized carbons (Fsp3) is 0.765. The van der Waals surface area contributed by atoms with E-state index in [2.05, 4.69) is 21.5 Å². The SMILES string of the molecule is C#CCNC(=NCC1CCCN(C(=O)OC(C)(C)C)C1)NCC. The van der Waals surface area contributed by atoms with Gasteiger partial charge in [0.2, 0.25) is 0 Å². The number of aliphatic imine (C=N–C) groups is 1. The summed E-state index contributed by atoms with van der Waals surface area (Å²) in [6.07, 6.45) is 7.07. The number of likely N-dealkylation sites (tertiary alicyclic amines) is 1. The van der Waals surface area contributed by atoms with Crippen molar-refractivity contribution in [1.29, 1.82) is 0 Å². The molecule has 0 saturated carbocycles. The number of terminal acetylenes is 1. The van der Waals surface area contributed by atoms with Crippen LogP contribution in [0.15, 0.2) is 4.99 Å². The molecule has 6 heteroatoms. The number of hydrogen-bond acceptors (Lipinski definition) is 3. The largest absolute Gasteiger partial charge is 0.444 e. The van der Waals surface area contributed by atoms with Crippen molar-refractivity contribution in [3.8, 4) is 12.3 Å². The maximum atomic E-state index is 12.2. The molecule has 0 aromatic heterocycles. The van der Waals surface area contributed by atoms with E-state index >= 15 is 0 Å². The van der Waals surface area contributed by atoms with Crippen molar-refractivity contribution in [2.75, 3.05) is 32.7 Å². The number of hydrogen-bond donors (Lipinski definition) is 2. The zero-order valence-corrected chi connectivity index (χ0v) is 14.8. The zero-order valence-electron chi connectivity index (χ0n) is 14.8. The maximum Gasteiger partial charge on any atom is 0.410 e. The Hall–Kier alpha value is -1.90. The van der Waals surface area contributed by atoms with Crippen LogP contribution in [-0.2, 0) is 4.74 Å². The third kappa shape index (κ3) is 7.78. The molecule has 1 saturated heterocycles. The van der Waals surface area contributed by atoms with Crippen molar-refractivity contribution >= 4 is 12.1 Å². The second-order valence-electron chi connectivity index (χ2n) is 6.71. The number of carbonyl (C=O) groups excluding carboxylic acids is 1. The number of nitrogens with zero attached hydrogens (tertiary/aromatic N) is 2. The number of piperidine rings is 1. The Bertz CT molecular complexity index is 448. The van der Waals surface area contributed by atoms with Gasteiger partial charge in [0.05, 0.1) is 6.54 Å². The van der Waals surface area contributed by atoms with Gasteiger partial charge in [-0.05, 0) is 46.5 Å². The Morgan fingerprint density at radius 2 is 2.17 bits per heavy atom. The molecule has 0 aliphatic carbocycles. The molecule has 130 valence electrons. The van der Waals surface area contributed by atoms with Gasteiger partial charge in [-0.3, -0.25) is 4.99 Å². The molecule has 23 heavy (non-hydrogen) atoms. The first-order chi connectivity index (χ1) is 10.9. The highest BCUT2D eigenvalue weighted by Gasteiger charge is 2.27. The van der Waals surface area contributed by atoms with Crippen molar-refractivity contribution in [3.05, 3.63) is 0 Å². The fourth-order valence-corrected chi connectivity index (χ4v) is 2.40. The first-order valence-electron chi connectivity index (χ1n) is 8.29. The molecule has 1 aliphatic heterocycles. The molecule has 0 aromatic carbocycles. The van der Waals surface area contributed by atoms with Crippen LogP contribution in [0.2, 0.25) is 0 Å². The van der Waals surface area contributed by atoms with Crippen molar-refractivity contribution in [3.63, 3.8) is 0 Å². The number of guanidine groups is 1. The molecule has 1 aliphatic rings. The molecule has 1 unspecified atom stereocenters. The predicted octanol–water partition coefficient (Wildman–Crippen LogP) is 1.82. The first-order valence-corrected chi connectivity index (χ1v) is 8.29. The highest BCUT2D eigenvalue weighted by Crippen LogP contribution is 2.19. The summed E-state index contributed by atoms with van der Waals surface area (Å²) >= 11 is 0. The zero-order chi connectivity index (χ0) is 17.3. The van der Waals surface area contributed by atoms with Crippen LogP contribution in [0.4, 0.5) is 4.79 Å². The average molecular weight is 322 g/mol. The van der Waals surface area contributed by atoms with Gasteiger partial charge in [-0.25, -0.2) is 4.79 Å². The van der Waals surface area contributed by atoms with Crippen molar-refractivity contribution in [1.82, 2.24) is 15.5 Å². The minimum atomic E-state index is -0.459. The Kier molecular flexibility index (Phi) is 7.73. The van der Waals surface area contributed by atoms with Gasteiger partial charge in [0.15, 0.2) is 5.96 Å². The summed E-state index contributed by atoms with van der Waals surface area (Å²) in [4.78, 5) is 18.5. The van der Waals surface area contributed by atoms with Crippen LogP contribution in [-0.4, -0.2) is 55.3 Å². The van der Waals surface area contributed by atoms with E-state index in [-0.39, 0.29) is 6.09 Å². The summed E-state index contributed by atoms with van der Waals surface area (Å²) in [5, 5.41) is 6.23. The van der Waals surface area contributed by atoms with Crippen LogP contribution in [0.5, 0.6) is 0 Å². The molecule has 0 spiro atoms. The van der Waals surface area contributed by atoms with Crippen LogP contribution in [0.1, 0.15) is 40.5 Å². The molecule has 1 rings (SSSR count). The van der Waals surface area contributed by atoms with Crippen LogP contribution in [0, 0.1) is 18.3 Å².